The van der Waals surface area contributed by atoms with E-state index in [0.29, 0.717) is 24.6 Å². The van der Waals surface area contributed by atoms with Crippen LogP contribution in [-0.2, 0) is 4.79 Å². The zero-order valence-corrected chi connectivity index (χ0v) is 14.5. The van der Waals surface area contributed by atoms with Crippen LogP contribution in [0.1, 0.15) is 20.3 Å². The first-order chi connectivity index (χ1) is 11.3. The molecular weight excluding hydrogens is 314 g/mol. The van der Waals surface area contributed by atoms with Gasteiger partial charge in [-0.15, -0.1) is 0 Å². The van der Waals surface area contributed by atoms with Crippen LogP contribution in [0.4, 0.5) is 5.69 Å². The van der Waals surface area contributed by atoms with Gasteiger partial charge in [-0.2, -0.15) is 0 Å². The lowest BCUT2D eigenvalue weighted by Gasteiger charge is -2.21. The van der Waals surface area contributed by atoms with Gasteiger partial charge in [-0.05, 0) is 18.4 Å². The van der Waals surface area contributed by atoms with Gasteiger partial charge in [0.15, 0.2) is 6.61 Å². The molecule has 1 unspecified atom stereocenters. The van der Waals surface area contributed by atoms with E-state index < -0.39 is 4.92 Å². The highest BCUT2D eigenvalue weighted by atomic mass is 16.6. The monoisotopic (exact) mass is 339 g/mol. The average Bonchev–Trinajstić information content (AvgIpc) is 2.56. The first-order valence-electron chi connectivity index (χ1n) is 7.71. The molecule has 1 atom stereocenters. The number of nitro benzene ring substituents is 1. The molecule has 2 N–H and O–H groups in total. The summed E-state index contributed by atoms with van der Waals surface area (Å²) in [6.07, 6.45) is 0.714. The van der Waals surface area contributed by atoms with Crippen LogP contribution < -0.4 is 15.2 Å². The van der Waals surface area contributed by atoms with Crippen molar-refractivity contribution in [2.75, 3.05) is 27.3 Å². The molecule has 1 aromatic carbocycles. The molecule has 1 aromatic rings. The number of nitrogens with two attached hydrogens (primary N) is 1. The molecule has 0 aliphatic carbocycles. The highest BCUT2D eigenvalue weighted by Gasteiger charge is 2.17. The zero-order chi connectivity index (χ0) is 18.3. The molecule has 8 heteroatoms. The number of carbonyl (C=O) groups excluding carboxylic acids is 1. The normalized spacial score (nSPS) is 11.9. The Balaban J connectivity index is 2.56. The molecule has 24 heavy (non-hydrogen) atoms. The number of methoxy groups -OCH3 is 1. The van der Waals surface area contributed by atoms with Crippen LogP contribution in [0.2, 0.25) is 0 Å². The molecular formula is C16H25N3O5. The zero-order valence-electron chi connectivity index (χ0n) is 14.5. The van der Waals surface area contributed by atoms with Crippen LogP contribution in [0, 0.1) is 16.0 Å². The van der Waals surface area contributed by atoms with Crippen LogP contribution in [0.3, 0.4) is 0 Å². The van der Waals surface area contributed by atoms with Gasteiger partial charge < -0.3 is 20.1 Å². The van der Waals surface area contributed by atoms with Gasteiger partial charge in [0.05, 0.1) is 12.0 Å². The van der Waals surface area contributed by atoms with E-state index in [2.05, 4.69) is 0 Å². The van der Waals surface area contributed by atoms with Crippen LogP contribution in [0.15, 0.2) is 18.2 Å². The van der Waals surface area contributed by atoms with Crippen molar-refractivity contribution in [1.82, 2.24) is 4.90 Å². The number of nitrogens with zero attached hydrogens (tertiary/aromatic N) is 2. The van der Waals surface area contributed by atoms with E-state index in [4.69, 9.17) is 15.2 Å². The maximum absolute atomic E-state index is 12.0. The predicted octanol–water partition coefficient (Wildman–Crippen LogP) is 1.81. The largest absolute Gasteiger partial charge is 0.490 e. The van der Waals surface area contributed by atoms with Gasteiger partial charge in [0, 0.05) is 31.8 Å². The molecule has 0 aliphatic rings. The summed E-state index contributed by atoms with van der Waals surface area (Å²) in [6, 6.07) is 4.15. The van der Waals surface area contributed by atoms with Crippen molar-refractivity contribution in [3.05, 3.63) is 28.3 Å². The lowest BCUT2D eigenvalue weighted by atomic mass is 10.0. The van der Waals surface area contributed by atoms with Crippen LogP contribution in [0.5, 0.6) is 11.5 Å². The highest BCUT2D eigenvalue weighted by molar-refractivity contribution is 5.77. The van der Waals surface area contributed by atoms with Crippen molar-refractivity contribution >= 4 is 11.6 Å². The fraction of sp³-hybridized carbons (Fsp3) is 0.562. The average molecular weight is 339 g/mol. The summed E-state index contributed by atoms with van der Waals surface area (Å²) in [5.74, 6) is 0.583. The Bertz CT molecular complexity index is 577. The Morgan fingerprint density at radius 3 is 2.62 bits per heavy atom. The smallest absolute Gasteiger partial charge is 0.311 e. The number of nitro groups is 1. The van der Waals surface area contributed by atoms with Crippen molar-refractivity contribution < 1.29 is 19.2 Å². The molecule has 134 valence electrons. The lowest BCUT2D eigenvalue weighted by Crippen LogP contribution is -2.36. The van der Waals surface area contributed by atoms with E-state index in [-0.39, 0.29) is 30.0 Å². The number of likely N-dealkylation sites (N-methyl/N-ethyl adjacent to an activating group) is 1. The topological polar surface area (TPSA) is 108 Å². The Kier molecular flexibility index (Phi) is 7.44. The maximum Gasteiger partial charge on any atom is 0.311 e. The second-order valence-corrected chi connectivity index (χ2v) is 5.89. The number of rotatable bonds is 9. The minimum absolute atomic E-state index is 0.0418. The van der Waals surface area contributed by atoms with Crippen LogP contribution in [-0.4, -0.2) is 49.1 Å². The molecule has 0 fully saturated rings. The highest BCUT2D eigenvalue weighted by Crippen LogP contribution is 2.30. The fourth-order valence-corrected chi connectivity index (χ4v) is 1.95. The number of benzene rings is 1. The molecule has 0 aliphatic heterocycles. The van der Waals surface area contributed by atoms with Crippen molar-refractivity contribution in [2.45, 2.75) is 26.3 Å². The third-order valence-corrected chi connectivity index (χ3v) is 3.79. The van der Waals surface area contributed by atoms with Gasteiger partial charge in [0.25, 0.3) is 5.91 Å². The second kappa shape index (κ2) is 9.07. The number of amides is 1. The summed E-state index contributed by atoms with van der Waals surface area (Å²) in [4.78, 5) is 23.9. The number of hydrogen-bond acceptors (Lipinski definition) is 6. The second-order valence-electron chi connectivity index (χ2n) is 5.89. The lowest BCUT2D eigenvalue weighted by molar-refractivity contribution is -0.385. The Labute approximate surface area is 141 Å². The number of hydrogen-bond donors (Lipinski definition) is 1. The summed E-state index contributed by atoms with van der Waals surface area (Å²) in [5.41, 5.74) is 5.81. The summed E-state index contributed by atoms with van der Waals surface area (Å²) < 4.78 is 10.4. The Morgan fingerprint density at radius 1 is 1.42 bits per heavy atom. The molecule has 0 heterocycles. The standard InChI is InChI=1S/C16H25N3O5/c1-11(2)13(17)7-8-18(3)16(20)10-24-12-5-6-14(19(21)22)15(9-12)23-4/h5-6,9,11,13H,7-8,10,17H2,1-4H3. The molecule has 0 spiro atoms. The van der Waals surface area contributed by atoms with E-state index in [1.807, 2.05) is 13.8 Å². The van der Waals surface area contributed by atoms with Crippen molar-refractivity contribution in [2.24, 2.45) is 11.7 Å². The van der Waals surface area contributed by atoms with Gasteiger partial charge in [0.1, 0.15) is 5.75 Å². The first-order valence-corrected chi connectivity index (χ1v) is 7.71. The van der Waals surface area contributed by atoms with Crippen molar-refractivity contribution in [3.8, 4) is 11.5 Å². The third kappa shape index (κ3) is 5.69. The molecule has 1 rings (SSSR count). The quantitative estimate of drug-likeness (QED) is 0.543. The molecule has 0 saturated heterocycles. The van der Waals surface area contributed by atoms with Crippen LogP contribution in [0.25, 0.3) is 0 Å². The Hall–Kier alpha value is -2.35. The third-order valence-electron chi connectivity index (χ3n) is 3.79. The first kappa shape index (κ1) is 19.7. The summed E-state index contributed by atoms with van der Waals surface area (Å²) in [6.45, 7) is 4.47. The predicted molar refractivity (Wildman–Crippen MR) is 90.2 cm³/mol. The van der Waals surface area contributed by atoms with Gasteiger partial charge in [0.2, 0.25) is 5.75 Å². The van der Waals surface area contributed by atoms with Crippen molar-refractivity contribution in [3.63, 3.8) is 0 Å². The molecule has 0 saturated carbocycles. The van der Waals surface area contributed by atoms with E-state index in [9.17, 15) is 14.9 Å². The minimum atomic E-state index is -0.542. The molecule has 1 amide bonds. The van der Waals surface area contributed by atoms with Crippen molar-refractivity contribution in [1.29, 1.82) is 0 Å². The van der Waals surface area contributed by atoms with E-state index >= 15 is 0 Å². The van der Waals surface area contributed by atoms with E-state index in [0.717, 1.165) is 0 Å². The number of ether oxygens (including phenoxy) is 2. The summed E-state index contributed by atoms with van der Waals surface area (Å²) in [7, 11) is 3.03. The van der Waals surface area contributed by atoms with Gasteiger partial charge in [-0.3, -0.25) is 14.9 Å². The SMILES string of the molecule is COc1cc(OCC(=O)N(C)CCC(N)C(C)C)ccc1[N+](=O)[O-]. The molecule has 0 bridgehead atoms. The molecule has 0 radical (unpaired) electrons. The van der Waals surface area contributed by atoms with Gasteiger partial charge in [-0.25, -0.2) is 0 Å². The van der Waals surface area contributed by atoms with Gasteiger partial charge >= 0.3 is 5.69 Å². The molecule has 8 nitrogen and oxygen atoms in total. The number of carbonyl (C=O) groups is 1. The summed E-state index contributed by atoms with van der Waals surface area (Å²) in [5, 5.41) is 10.8. The minimum Gasteiger partial charge on any atom is -0.490 e. The van der Waals surface area contributed by atoms with Gasteiger partial charge in [-0.1, -0.05) is 13.8 Å². The maximum atomic E-state index is 12.0. The van der Waals surface area contributed by atoms with Crippen LogP contribution >= 0.6 is 0 Å². The van der Waals surface area contributed by atoms with E-state index in [1.54, 1.807) is 11.9 Å². The molecule has 0 aromatic heterocycles. The van der Waals surface area contributed by atoms with E-state index in [1.165, 1.54) is 25.3 Å². The fourth-order valence-electron chi connectivity index (χ4n) is 1.95. The Morgan fingerprint density at radius 2 is 2.08 bits per heavy atom. The summed E-state index contributed by atoms with van der Waals surface area (Å²) >= 11 is 0.